The van der Waals surface area contributed by atoms with Crippen molar-refractivity contribution in [3.05, 3.63) is 29.8 Å². The van der Waals surface area contributed by atoms with Gasteiger partial charge in [-0.1, -0.05) is 18.2 Å². The van der Waals surface area contributed by atoms with Crippen LogP contribution in [0.3, 0.4) is 0 Å². The molecule has 0 aliphatic rings. The van der Waals surface area contributed by atoms with Crippen molar-refractivity contribution < 1.29 is 19.2 Å². The summed E-state index contributed by atoms with van der Waals surface area (Å²) in [6.45, 7) is 2.12. The molecule has 0 saturated heterocycles. The molecule has 0 heterocycles. The number of benzene rings is 1. The van der Waals surface area contributed by atoms with Crippen LogP contribution in [0.25, 0.3) is 0 Å². The van der Waals surface area contributed by atoms with Gasteiger partial charge in [0.1, 0.15) is 5.75 Å². The van der Waals surface area contributed by atoms with Crippen LogP contribution in [0, 0.1) is 0 Å². The lowest BCUT2D eigenvalue weighted by molar-refractivity contribution is -0.142. The first-order valence-corrected chi connectivity index (χ1v) is 4.75. The summed E-state index contributed by atoms with van der Waals surface area (Å²) in [5, 5.41) is 8.64. The maximum absolute atomic E-state index is 11.2. The maximum atomic E-state index is 11.2. The third kappa shape index (κ3) is 3.63. The fourth-order valence-corrected chi connectivity index (χ4v) is 1.23. The number of carbonyl (C=O) groups excluding carboxylic acids is 1. The Morgan fingerprint density at radius 3 is 2.87 bits per heavy atom. The Hall–Kier alpha value is -1.49. The van der Waals surface area contributed by atoms with Gasteiger partial charge in [-0.3, -0.25) is 4.79 Å². The van der Waals surface area contributed by atoms with Crippen molar-refractivity contribution in [3.63, 3.8) is 0 Å². The predicted octanol–water partition coefficient (Wildman–Crippen LogP) is 0.430. The minimum absolute atomic E-state index is 0.157. The first kappa shape index (κ1) is 11.6. The second-order valence-electron chi connectivity index (χ2n) is 2.86. The summed E-state index contributed by atoms with van der Waals surface area (Å²) in [6, 6.07) is 7.05. The average molecular weight is 208 g/mol. The number of para-hydroxylation sites is 1. The van der Waals surface area contributed by atoms with E-state index < -0.39 is 7.69 Å². The van der Waals surface area contributed by atoms with Gasteiger partial charge in [-0.2, -0.15) is 0 Å². The van der Waals surface area contributed by atoms with E-state index in [1.807, 2.05) is 0 Å². The van der Waals surface area contributed by atoms with Crippen LogP contribution in [-0.2, 0) is 16.0 Å². The Morgan fingerprint density at radius 1 is 1.47 bits per heavy atom. The minimum Gasteiger partial charge on any atom is -0.539 e. The van der Waals surface area contributed by atoms with Gasteiger partial charge in [-0.15, -0.1) is 0 Å². The summed E-state index contributed by atoms with van der Waals surface area (Å²) in [5.74, 6) is 0.208. The van der Waals surface area contributed by atoms with Crippen molar-refractivity contribution >= 4 is 13.7 Å². The molecule has 0 atom stereocenters. The molecule has 5 heteroatoms. The van der Waals surface area contributed by atoms with E-state index in [4.69, 9.17) is 14.4 Å². The lowest BCUT2D eigenvalue weighted by Gasteiger charge is -2.08. The van der Waals surface area contributed by atoms with Crippen LogP contribution in [0.4, 0.5) is 0 Å². The van der Waals surface area contributed by atoms with Gasteiger partial charge in [-0.05, 0) is 13.0 Å². The first-order valence-electron chi connectivity index (χ1n) is 4.75. The number of rotatable bonds is 5. The molecule has 0 aliphatic heterocycles. The number of hydrogen-bond acceptors (Lipinski definition) is 4. The van der Waals surface area contributed by atoms with Gasteiger partial charge in [0.15, 0.2) is 0 Å². The Balaban J connectivity index is 2.70. The highest BCUT2D eigenvalue weighted by molar-refractivity contribution is 6.17. The van der Waals surface area contributed by atoms with Gasteiger partial charge >= 0.3 is 13.7 Å². The van der Waals surface area contributed by atoms with E-state index in [-0.39, 0.29) is 12.4 Å². The standard InChI is InChI=1S/C10H13BO4/c1-2-14-10(12)7-8-5-3-4-6-9(8)15-11-13/h3-6,11,13H,2,7H2,1H3. The number of carbonyl (C=O) groups is 1. The van der Waals surface area contributed by atoms with Crippen LogP contribution in [0.15, 0.2) is 24.3 Å². The van der Waals surface area contributed by atoms with Crippen LogP contribution in [-0.4, -0.2) is 25.3 Å². The smallest absolute Gasteiger partial charge is 0.504 e. The van der Waals surface area contributed by atoms with E-state index in [0.29, 0.717) is 17.9 Å². The molecule has 80 valence electrons. The largest absolute Gasteiger partial charge is 0.539 e. The lowest BCUT2D eigenvalue weighted by Crippen LogP contribution is -2.10. The first-order chi connectivity index (χ1) is 7.27. The third-order valence-electron chi connectivity index (χ3n) is 1.83. The second kappa shape index (κ2) is 6.08. The molecule has 0 bridgehead atoms. The molecular weight excluding hydrogens is 195 g/mol. The quantitative estimate of drug-likeness (QED) is 0.563. The van der Waals surface area contributed by atoms with Crippen molar-refractivity contribution in [2.45, 2.75) is 13.3 Å². The zero-order valence-corrected chi connectivity index (χ0v) is 8.60. The molecular formula is C10H13BO4. The Bertz CT molecular complexity index is 327. The maximum Gasteiger partial charge on any atom is 0.504 e. The molecule has 0 spiro atoms. The summed E-state index contributed by atoms with van der Waals surface area (Å²) >= 11 is 0. The molecule has 0 unspecified atom stereocenters. The normalized spacial score (nSPS) is 9.47. The van der Waals surface area contributed by atoms with E-state index in [9.17, 15) is 4.79 Å². The van der Waals surface area contributed by atoms with Gasteiger partial charge in [0.05, 0.1) is 13.0 Å². The highest BCUT2D eigenvalue weighted by Gasteiger charge is 2.08. The summed E-state index contributed by atoms with van der Waals surface area (Å²) < 4.78 is 9.79. The summed E-state index contributed by atoms with van der Waals surface area (Å²) in [5.41, 5.74) is 0.713. The molecule has 0 amide bonds. The molecule has 0 aliphatic carbocycles. The summed E-state index contributed by atoms with van der Waals surface area (Å²) in [7, 11) is -0.403. The van der Waals surface area contributed by atoms with Crippen molar-refractivity contribution in [1.29, 1.82) is 0 Å². The molecule has 0 radical (unpaired) electrons. The van der Waals surface area contributed by atoms with Crippen LogP contribution in [0.2, 0.25) is 0 Å². The predicted molar refractivity (Wildman–Crippen MR) is 56.8 cm³/mol. The summed E-state index contributed by atoms with van der Waals surface area (Å²) in [4.78, 5) is 11.2. The fourth-order valence-electron chi connectivity index (χ4n) is 1.23. The Morgan fingerprint density at radius 2 is 2.20 bits per heavy atom. The molecule has 15 heavy (non-hydrogen) atoms. The van der Waals surface area contributed by atoms with Crippen molar-refractivity contribution in [2.75, 3.05) is 6.61 Å². The van der Waals surface area contributed by atoms with Crippen LogP contribution < -0.4 is 4.65 Å². The van der Waals surface area contributed by atoms with Crippen molar-refractivity contribution in [1.82, 2.24) is 0 Å². The topological polar surface area (TPSA) is 55.8 Å². The minimum atomic E-state index is -0.403. The second-order valence-corrected chi connectivity index (χ2v) is 2.86. The van der Waals surface area contributed by atoms with E-state index in [1.54, 1.807) is 31.2 Å². The van der Waals surface area contributed by atoms with Gasteiger partial charge in [-0.25, -0.2) is 0 Å². The zero-order valence-electron chi connectivity index (χ0n) is 8.60. The monoisotopic (exact) mass is 208 g/mol. The van der Waals surface area contributed by atoms with E-state index in [2.05, 4.69) is 0 Å². The Labute approximate surface area is 89.1 Å². The van der Waals surface area contributed by atoms with Crippen LogP contribution in [0.1, 0.15) is 12.5 Å². The molecule has 1 rings (SSSR count). The fraction of sp³-hybridized carbons (Fsp3) is 0.300. The molecule has 4 nitrogen and oxygen atoms in total. The molecule has 1 N–H and O–H groups in total. The number of hydrogen-bond donors (Lipinski definition) is 1. The third-order valence-corrected chi connectivity index (χ3v) is 1.83. The highest BCUT2D eigenvalue weighted by atomic mass is 16.5. The molecule has 1 aromatic carbocycles. The average Bonchev–Trinajstić information content (AvgIpc) is 2.21. The van der Waals surface area contributed by atoms with Gasteiger partial charge in [0.2, 0.25) is 0 Å². The molecule has 0 aromatic heterocycles. The molecule has 0 fully saturated rings. The van der Waals surface area contributed by atoms with Crippen LogP contribution in [0.5, 0.6) is 5.75 Å². The van der Waals surface area contributed by atoms with Crippen molar-refractivity contribution in [3.8, 4) is 5.75 Å². The highest BCUT2D eigenvalue weighted by Crippen LogP contribution is 2.18. The van der Waals surface area contributed by atoms with E-state index >= 15 is 0 Å². The van der Waals surface area contributed by atoms with Gasteiger partial charge in [0, 0.05) is 5.56 Å². The van der Waals surface area contributed by atoms with Crippen molar-refractivity contribution in [2.24, 2.45) is 0 Å². The summed E-state index contributed by atoms with van der Waals surface area (Å²) in [6.07, 6.45) is 0.157. The number of esters is 1. The van der Waals surface area contributed by atoms with E-state index in [0.717, 1.165) is 0 Å². The zero-order chi connectivity index (χ0) is 11.1. The van der Waals surface area contributed by atoms with Gasteiger partial charge < -0.3 is 14.4 Å². The number of ether oxygens (including phenoxy) is 1. The lowest BCUT2D eigenvalue weighted by atomic mass is 10.1. The van der Waals surface area contributed by atoms with Gasteiger partial charge in [0.25, 0.3) is 0 Å². The molecule has 0 saturated carbocycles. The molecule has 1 aromatic rings. The van der Waals surface area contributed by atoms with E-state index in [1.165, 1.54) is 0 Å². The Kier molecular flexibility index (Phi) is 4.70. The van der Waals surface area contributed by atoms with Crippen LogP contribution >= 0.6 is 0 Å². The SMILES string of the molecule is CCOC(=O)Cc1ccccc1OBO.